The zero-order valence-corrected chi connectivity index (χ0v) is 16.8. The van der Waals surface area contributed by atoms with E-state index in [1.807, 2.05) is 12.1 Å². The van der Waals surface area contributed by atoms with Crippen LogP contribution in [-0.4, -0.2) is 40.9 Å². The summed E-state index contributed by atoms with van der Waals surface area (Å²) < 4.78 is 24.8. The molecule has 0 aliphatic carbocycles. The zero-order chi connectivity index (χ0) is 20.1. The van der Waals surface area contributed by atoms with Crippen LogP contribution in [-0.2, 0) is 11.3 Å². The fourth-order valence-electron chi connectivity index (χ4n) is 2.44. The number of rotatable bonds is 7. The fourth-order valence-corrected chi connectivity index (χ4v) is 3.37. The third-order valence-corrected chi connectivity index (χ3v) is 5.10. The minimum absolute atomic E-state index is 0.0656. The molecule has 0 bridgehead atoms. The molecule has 0 spiro atoms. The number of carbonyl (C=O) groups is 1. The van der Waals surface area contributed by atoms with Crippen LogP contribution >= 0.6 is 23.4 Å². The maximum atomic E-state index is 13.9. The van der Waals surface area contributed by atoms with Gasteiger partial charge in [-0.3, -0.25) is 4.79 Å². The molecule has 1 amide bonds. The molecule has 2 aromatic carbocycles. The van der Waals surface area contributed by atoms with Crippen molar-refractivity contribution in [2.75, 3.05) is 19.9 Å². The van der Waals surface area contributed by atoms with Crippen molar-refractivity contribution < 1.29 is 18.3 Å². The van der Waals surface area contributed by atoms with Gasteiger partial charge in [-0.15, -0.1) is 10.2 Å². The zero-order valence-electron chi connectivity index (χ0n) is 15.2. The van der Waals surface area contributed by atoms with Crippen molar-refractivity contribution in [1.82, 2.24) is 15.1 Å². The van der Waals surface area contributed by atoms with Crippen LogP contribution in [0.3, 0.4) is 0 Å². The minimum Gasteiger partial charge on any atom is -0.496 e. The van der Waals surface area contributed by atoms with Crippen LogP contribution in [0.1, 0.15) is 5.56 Å². The van der Waals surface area contributed by atoms with Crippen molar-refractivity contribution in [2.24, 2.45) is 0 Å². The molecule has 146 valence electrons. The van der Waals surface area contributed by atoms with Crippen molar-refractivity contribution in [2.45, 2.75) is 11.8 Å². The summed E-state index contributed by atoms with van der Waals surface area (Å²) in [5.74, 6) is 0.314. The molecule has 0 saturated carbocycles. The number of hydrogen-bond donors (Lipinski definition) is 0. The number of hydrogen-bond acceptors (Lipinski definition) is 6. The number of halogens is 2. The fraction of sp³-hybridized carbons (Fsp3) is 0.211. The van der Waals surface area contributed by atoms with E-state index in [2.05, 4.69) is 10.2 Å². The summed E-state index contributed by atoms with van der Waals surface area (Å²) in [7, 11) is 3.14. The normalized spacial score (nSPS) is 10.7. The third-order valence-electron chi connectivity index (χ3n) is 3.95. The molecule has 0 N–H and O–H groups in total. The number of para-hydroxylation sites is 1. The molecule has 3 aromatic rings. The van der Waals surface area contributed by atoms with Gasteiger partial charge in [0, 0.05) is 24.2 Å². The largest absolute Gasteiger partial charge is 0.496 e. The lowest BCUT2D eigenvalue weighted by atomic mass is 10.2. The van der Waals surface area contributed by atoms with Crippen LogP contribution in [0.15, 0.2) is 52.1 Å². The van der Waals surface area contributed by atoms with E-state index in [1.54, 1.807) is 32.4 Å². The molecular weight excluding hydrogens is 405 g/mol. The monoisotopic (exact) mass is 421 g/mol. The number of aromatic nitrogens is 2. The molecular formula is C19H17ClFN3O3S. The molecule has 9 heteroatoms. The number of thioether (sulfide) groups is 1. The summed E-state index contributed by atoms with van der Waals surface area (Å²) in [6, 6.07) is 11.7. The number of carbonyl (C=O) groups excluding carboxylic acids is 1. The van der Waals surface area contributed by atoms with Gasteiger partial charge in [0.05, 0.1) is 18.4 Å². The van der Waals surface area contributed by atoms with Crippen LogP contribution in [0.5, 0.6) is 5.75 Å². The van der Waals surface area contributed by atoms with Gasteiger partial charge in [-0.25, -0.2) is 4.39 Å². The lowest BCUT2D eigenvalue weighted by Gasteiger charge is -2.17. The molecule has 0 saturated heterocycles. The average Bonchev–Trinajstić information content (AvgIpc) is 3.17. The maximum Gasteiger partial charge on any atom is 0.277 e. The number of amides is 1. The van der Waals surface area contributed by atoms with E-state index in [9.17, 15) is 9.18 Å². The summed E-state index contributed by atoms with van der Waals surface area (Å²) in [6.45, 7) is 0.0706. The molecule has 0 aliphatic heterocycles. The van der Waals surface area contributed by atoms with Gasteiger partial charge in [0.25, 0.3) is 11.1 Å². The topological polar surface area (TPSA) is 68.5 Å². The molecule has 0 aliphatic rings. The van der Waals surface area contributed by atoms with E-state index in [0.717, 1.165) is 11.8 Å². The first kappa shape index (κ1) is 20.2. The van der Waals surface area contributed by atoms with E-state index >= 15 is 0 Å². The number of benzene rings is 2. The summed E-state index contributed by atoms with van der Waals surface area (Å²) >= 11 is 7.12. The van der Waals surface area contributed by atoms with Crippen molar-refractivity contribution in [3.05, 3.63) is 58.9 Å². The SMILES string of the molecule is COc1ccccc1-c1nnc(SCC(=O)N(C)Cc2c(F)cccc2Cl)o1. The predicted molar refractivity (Wildman–Crippen MR) is 105 cm³/mol. The van der Waals surface area contributed by atoms with Gasteiger partial charge in [0.2, 0.25) is 5.91 Å². The lowest BCUT2D eigenvalue weighted by Crippen LogP contribution is -2.28. The van der Waals surface area contributed by atoms with E-state index < -0.39 is 5.82 Å². The first-order chi connectivity index (χ1) is 13.5. The molecule has 1 heterocycles. The summed E-state index contributed by atoms with van der Waals surface area (Å²) in [6.07, 6.45) is 0. The highest BCUT2D eigenvalue weighted by Crippen LogP contribution is 2.30. The Morgan fingerprint density at radius 2 is 2.04 bits per heavy atom. The Labute approximate surface area is 170 Å². The van der Waals surface area contributed by atoms with Gasteiger partial charge in [-0.05, 0) is 24.3 Å². The predicted octanol–water partition coefficient (Wildman–Crippen LogP) is 4.29. The van der Waals surface area contributed by atoms with Gasteiger partial charge in [0.1, 0.15) is 11.6 Å². The third kappa shape index (κ3) is 4.63. The van der Waals surface area contributed by atoms with Crippen molar-refractivity contribution in [3.8, 4) is 17.2 Å². The van der Waals surface area contributed by atoms with Crippen LogP contribution in [0.4, 0.5) is 4.39 Å². The highest BCUT2D eigenvalue weighted by Gasteiger charge is 2.17. The summed E-state index contributed by atoms with van der Waals surface area (Å²) in [4.78, 5) is 13.7. The molecule has 0 atom stereocenters. The Bertz CT molecular complexity index is 962. The quantitative estimate of drug-likeness (QED) is 0.530. The second-order valence-electron chi connectivity index (χ2n) is 5.81. The van der Waals surface area contributed by atoms with Gasteiger partial charge in [-0.1, -0.05) is 41.6 Å². The Balaban J connectivity index is 1.61. The standard InChI is InChI=1S/C19H17ClFN3O3S/c1-24(10-13-14(20)7-5-8-15(13)21)17(25)11-28-19-23-22-18(27-19)12-6-3-4-9-16(12)26-2/h3-9H,10-11H2,1-2H3. The molecule has 0 unspecified atom stereocenters. The Kier molecular flexibility index (Phi) is 6.53. The summed E-state index contributed by atoms with van der Waals surface area (Å²) in [5, 5.41) is 8.49. The van der Waals surface area contributed by atoms with E-state index in [0.29, 0.717) is 17.2 Å². The smallest absolute Gasteiger partial charge is 0.277 e. The van der Waals surface area contributed by atoms with Crippen LogP contribution in [0.25, 0.3) is 11.5 Å². The first-order valence-electron chi connectivity index (χ1n) is 8.26. The second-order valence-corrected chi connectivity index (χ2v) is 7.15. The molecule has 0 radical (unpaired) electrons. The van der Waals surface area contributed by atoms with E-state index in [1.165, 1.54) is 17.0 Å². The number of nitrogens with zero attached hydrogens (tertiary/aromatic N) is 3. The second kappa shape index (κ2) is 9.07. The van der Waals surface area contributed by atoms with Gasteiger partial charge < -0.3 is 14.1 Å². The van der Waals surface area contributed by atoms with Crippen LogP contribution < -0.4 is 4.74 Å². The van der Waals surface area contributed by atoms with Gasteiger partial charge in [-0.2, -0.15) is 0 Å². The Morgan fingerprint density at radius 3 is 2.79 bits per heavy atom. The molecule has 28 heavy (non-hydrogen) atoms. The van der Waals surface area contributed by atoms with Crippen LogP contribution in [0, 0.1) is 5.82 Å². The molecule has 0 fully saturated rings. The first-order valence-corrected chi connectivity index (χ1v) is 9.62. The van der Waals surface area contributed by atoms with Crippen molar-refractivity contribution in [1.29, 1.82) is 0 Å². The maximum absolute atomic E-state index is 13.9. The highest BCUT2D eigenvalue weighted by atomic mass is 35.5. The Morgan fingerprint density at radius 1 is 1.25 bits per heavy atom. The minimum atomic E-state index is -0.446. The molecule has 6 nitrogen and oxygen atoms in total. The van der Waals surface area contributed by atoms with Gasteiger partial charge >= 0.3 is 0 Å². The Hall–Kier alpha value is -2.58. The highest BCUT2D eigenvalue weighted by molar-refractivity contribution is 7.99. The van der Waals surface area contributed by atoms with Crippen molar-refractivity contribution in [3.63, 3.8) is 0 Å². The van der Waals surface area contributed by atoms with E-state index in [-0.39, 0.29) is 34.0 Å². The average molecular weight is 422 g/mol. The van der Waals surface area contributed by atoms with Gasteiger partial charge in [0.15, 0.2) is 0 Å². The molecule has 1 aromatic heterocycles. The van der Waals surface area contributed by atoms with E-state index in [4.69, 9.17) is 20.8 Å². The summed E-state index contributed by atoms with van der Waals surface area (Å²) in [5.41, 5.74) is 0.947. The van der Waals surface area contributed by atoms with Crippen LogP contribution in [0.2, 0.25) is 5.02 Å². The van der Waals surface area contributed by atoms with Crippen molar-refractivity contribution >= 4 is 29.3 Å². The number of methoxy groups -OCH3 is 1. The molecule has 3 rings (SSSR count). The number of ether oxygens (including phenoxy) is 1. The lowest BCUT2D eigenvalue weighted by molar-refractivity contribution is -0.127.